The molecule has 1 fully saturated rings. The third-order valence-corrected chi connectivity index (χ3v) is 7.68. The predicted octanol–water partition coefficient (Wildman–Crippen LogP) is 3.85. The molecular formula is C25H34FN3O3S. The van der Waals surface area contributed by atoms with Gasteiger partial charge in [-0.15, -0.1) is 11.3 Å². The van der Waals surface area contributed by atoms with Crippen LogP contribution in [0.3, 0.4) is 0 Å². The number of benzene rings is 1. The van der Waals surface area contributed by atoms with Gasteiger partial charge in [0.25, 0.3) is 0 Å². The molecule has 1 unspecified atom stereocenters. The first kappa shape index (κ1) is 24.3. The summed E-state index contributed by atoms with van der Waals surface area (Å²) in [6, 6.07) is 4.98. The summed E-state index contributed by atoms with van der Waals surface area (Å²) in [7, 11) is 3.52. The fourth-order valence-electron chi connectivity index (χ4n) is 5.06. The number of thiazole rings is 1. The molecule has 2 aromatic rings. The molecule has 6 nitrogen and oxygen atoms in total. The molecule has 0 radical (unpaired) electrons. The number of aromatic nitrogens is 1. The van der Waals surface area contributed by atoms with Crippen LogP contribution in [0.1, 0.15) is 43.5 Å². The van der Waals surface area contributed by atoms with Gasteiger partial charge < -0.3 is 19.3 Å². The predicted molar refractivity (Wildman–Crippen MR) is 127 cm³/mol. The van der Waals surface area contributed by atoms with E-state index in [1.165, 1.54) is 6.07 Å². The Morgan fingerprint density at radius 3 is 2.82 bits per heavy atom. The summed E-state index contributed by atoms with van der Waals surface area (Å²) in [5.41, 5.74) is 4.04. The highest BCUT2D eigenvalue weighted by molar-refractivity contribution is 7.07. The van der Waals surface area contributed by atoms with Gasteiger partial charge in [0.15, 0.2) is 0 Å². The van der Waals surface area contributed by atoms with Crippen molar-refractivity contribution < 1.29 is 18.7 Å². The smallest absolute Gasteiger partial charge is 0.227 e. The summed E-state index contributed by atoms with van der Waals surface area (Å²) in [6.07, 6.45) is 2.22. The van der Waals surface area contributed by atoms with Gasteiger partial charge in [-0.05, 0) is 49.9 Å². The lowest BCUT2D eigenvalue weighted by molar-refractivity contribution is -0.139. The molecule has 8 heteroatoms. The number of ether oxygens (including phenoxy) is 2. The van der Waals surface area contributed by atoms with Gasteiger partial charge in [-0.25, -0.2) is 9.37 Å². The first-order valence-corrected chi connectivity index (χ1v) is 12.5. The lowest BCUT2D eigenvalue weighted by Crippen LogP contribution is -2.49. The Morgan fingerprint density at radius 1 is 1.39 bits per heavy atom. The lowest BCUT2D eigenvalue weighted by Gasteiger charge is -2.40. The zero-order chi connectivity index (χ0) is 23.6. The number of rotatable bonds is 8. The molecule has 2 aliphatic rings. The molecule has 2 aliphatic heterocycles. The number of piperidine rings is 1. The second kappa shape index (κ2) is 9.78. The molecule has 33 heavy (non-hydrogen) atoms. The van der Waals surface area contributed by atoms with Crippen LogP contribution in [0.15, 0.2) is 29.1 Å². The van der Waals surface area contributed by atoms with E-state index in [1.54, 1.807) is 29.4 Å². The maximum atomic E-state index is 13.9. The number of hydrogen-bond donors (Lipinski definition) is 0. The summed E-state index contributed by atoms with van der Waals surface area (Å²) >= 11 is 1.55. The van der Waals surface area contributed by atoms with Crippen LogP contribution in [0.2, 0.25) is 0 Å². The number of halogens is 1. The Bertz CT molecular complexity index is 958. The maximum absolute atomic E-state index is 13.9. The highest BCUT2D eigenvalue weighted by Gasteiger charge is 2.43. The van der Waals surface area contributed by atoms with Gasteiger partial charge in [0.05, 0.1) is 34.9 Å². The number of fused-ring (bicyclic) bond motifs is 2. The molecule has 1 amide bonds. The Balaban J connectivity index is 1.43. The Kier molecular flexibility index (Phi) is 7.19. The number of likely N-dealkylation sites (tertiary alicyclic amines) is 1. The second-order valence-electron chi connectivity index (χ2n) is 9.92. The third kappa shape index (κ3) is 5.45. The van der Waals surface area contributed by atoms with Crippen LogP contribution in [0, 0.1) is 11.7 Å². The number of carbonyl (C=O) groups excluding carboxylic acids is 1. The van der Waals surface area contributed by atoms with Gasteiger partial charge in [0.1, 0.15) is 5.82 Å². The van der Waals surface area contributed by atoms with E-state index in [4.69, 9.17) is 9.47 Å². The maximum Gasteiger partial charge on any atom is 0.227 e. The number of hydrogen-bond acceptors (Lipinski definition) is 6. The molecule has 1 spiro atoms. The zero-order valence-corrected chi connectivity index (χ0v) is 20.8. The van der Waals surface area contributed by atoms with E-state index in [2.05, 4.69) is 9.88 Å². The third-order valence-electron chi connectivity index (χ3n) is 7.04. The van der Waals surface area contributed by atoms with E-state index in [9.17, 15) is 9.18 Å². The molecule has 0 bridgehead atoms. The number of amides is 1. The number of likely N-dealkylation sites (N-methyl/N-ethyl adjacent to an activating group) is 1. The second-order valence-corrected chi connectivity index (χ2v) is 10.6. The van der Waals surface area contributed by atoms with Crippen molar-refractivity contribution in [2.45, 2.75) is 50.9 Å². The largest absolute Gasteiger partial charge is 0.377 e. The molecule has 1 atom stereocenters. The molecule has 3 heterocycles. The minimum Gasteiger partial charge on any atom is -0.377 e. The van der Waals surface area contributed by atoms with Crippen molar-refractivity contribution in [2.75, 3.05) is 40.3 Å². The van der Waals surface area contributed by atoms with Crippen molar-refractivity contribution in [1.29, 1.82) is 0 Å². The van der Waals surface area contributed by atoms with Crippen LogP contribution in [0.25, 0.3) is 0 Å². The van der Waals surface area contributed by atoms with Crippen LogP contribution in [-0.2, 0) is 32.9 Å². The molecule has 1 aromatic carbocycles. The van der Waals surface area contributed by atoms with Crippen LogP contribution in [0.4, 0.5) is 4.39 Å². The minimum absolute atomic E-state index is 0.109. The Hall–Kier alpha value is -1.87. The fourth-order valence-corrected chi connectivity index (χ4v) is 5.63. The van der Waals surface area contributed by atoms with Gasteiger partial charge in [-0.2, -0.15) is 0 Å². The minimum atomic E-state index is -0.407. The van der Waals surface area contributed by atoms with Crippen LogP contribution in [-0.4, -0.2) is 66.6 Å². The van der Waals surface area contributed by atoms with E-state index in [0.717, 1.165) is 42.8 Å². The van der Waals surface area contributed by atoms with E-state index in [1.807, 2.05) is 37.9 Å². The topological polar surface area (TPSA) is 54.9 Å². The van der Waals surface area contributed by atoms with E-state index >= 15 is 0 Å². The quantitative estimate of drug-likeness (QED) is 0.581. The number of carbonyl (C=O) groups is 1. The van der Waals surface area contributed by atoms with E-state index in [-0.39, 0.29) is 17.6 Å². The van der Waals surface area contributed by atoms with Crippen molar-refractivity contribution >= 4 is 17.2 Å². The van der Waals surface area contributed by atoms with Crippen molar-refractivity contribution in [3.8, 4) is 0 Å². The van der Waals surface area contributed by atoms with Gasteiger partial charge in [-0.3, -0.25) is 4.79 Å². The van der Waals surface area contributed by atoms with Gasteiger partial charge in [0, 0.05) is 52.1 Å². The van der Waals surface area contributed by atoms with Crippen molar-refractivity contribution in [3.63, 3.8) is 0 Å². The average molecular weight is 476 g/mol. The molecular weight excluding hydrogens is 441 g/mol. The van der Waals surface area contributed by atoms with Crippen LogP contribution < -0.4 is 0 Å². The SMILES string of the molecule is COC(C)(C)CN(C)C(=O)C(Cc1cscn1)CN1CCC2(CC1)OCc1ccc(F)cc12. The van der Waals surface area contributed by atoms with Gasteiger partial charge >= 0.3 is 0 Å². The Labute approximate surface area is 199 Å². The monoisotopic (exact) mass is 475 g/mol. The van der Waals surface area contributed by atoms with Crippen molar-refractivity contribution in [3.05, 3.63) is 51.7 Å². The molecule has 4 rings (SSSR count). The highest BCUT2D eigenvalue weighted by atomic mass is 32.1. The first-order chi connectivity index (χ1) is 15.7. The normalized spacial score (nSPS) is 18.9. The van der Waals surface area contributed by atoms with Crippen LogP contribution >= 0.6 is 11.3 Å². The fraction of sp³-hybridized carbons (Fsp3) is 0.600. The highest BCUT2D eigenvalue weighted by Crippen LogP contribution is 2.44. The number of methoxy groups -OCH3 is 1. The zero-order valence-electron chi connectivity index (χ0n) is 20.0. The van der Waals surface area contributed by atoms with Crippen LogP contribution in [0.5, 0.6) is 0 Å². The van der Waals surface area contributed by atoms with Crippen molar-refractivity contribution in [1.82, 2.24) is 14.8 Å². The molecule has 0 N–H and O–H groups in total. The lowest BCUT2D eigenvalue weighted by atomic mass is 9.83. The molecule has 0 aliphatic carbocycles. The molecule has 0 saturated carbocycles. The standard InChI is InChI=1S/C25H34FN3O3S/c1-24(2,31-4)16-28(3)23(30)19(11-21-15-33-17-27-21)13-29-9-7-25(8-10-29)22-12-20(26)6-5-18(22)14-32-25/h5-6,12,15,17,19H,7-11,13-14,16H2,1-4H3. The summed E-state index contributed by atoms with van der Waals surface area (Å²) in [4.78, 5) is 22.0. The summed E-state index contributed by atoms with van der Waals surface area (Å²) < 4.78 is 25.7. The average Bonchev–Trinajstić information content (AvgIpc) is 3.42. The molecule has 180 valence electrons. The van der Waals surface area contributed by atoms with Crippen molar-refractivity contribution in [2.24, 2.45) is 5.92 Å². The van der Waals surface area contributed by atoms with Gasteiger partial charge in [-0.1, -0.05) is 6.07 Å². The molecule has 1 aromatic heterocycles. The van der Waals surface area contributed by atoms with E-state index in [0.29, 0.717) is 26.1 Å². The summed E-state index contributed by atoms with van der Waals surface area (Å²) in [5, 5.41) is 2.02. The van der Waals surface area contributed by atoms with Gasteiger partial charge in [0.2, 0.25) is 5.91 Å². The summed E-state index contributed by atoms with van der Waals surface area (Å²) in [6.45, 7) is 7.32. The summed E-state index contributed by atoms with van der Waals surface area (Å²) in [5.74, 6) is -0.289. The number of nitrogens with zero attached hydrogens (tertiary/aromatic N) is 3. The van der Waals surface area contributed by atoms with E-state index < -0.39 is 11.2 Å². The first-order valence-electron chi connectivity index (χ1n) is 11.5. The Morgan fingerprint density at radius 2 is 2.15 bits per heavy atom. The molecule has 1 saturated heterocycles.